The number of rotatable bonds is 10. The second-order valence-electron chi connectivity index (χ2n) is 9.87. The lowest BCUT2D eigenvalue weighted by atomic mass is 9.76. The molecule has 2 rings (SSSR count). The molecule has 1 aliphatic carbocycles. The molecule has 0 aromatic heterocycles. The average molecular weight is 407 g/mol. The summed E-state index contributed by atoms with van der Waals surface area (Å²) >= 11 is 2.08. The average Bonchev–Trinajstić information content (AvgIpc) is 2.64. The van der Waals surface area contributed by atoms with Gasteiger partial charge in [0.15, 0.2) is 6.29 Å². The molecule has 1 aromatic rings. The van der Waals surface area contributed by atoms with E-state index < -0.39 is 0 Å². The van der Waals surface area contributed by atoms with Crippen LogP contribution >= 0.6 is 11.8 Å². The van der Waals surface area contributed by atoms with Crippen molar-refractivity contribution in [3.63, 3.8) is 0 Å². The summed E-state index contributed by atoms with van der Waals surface area (Å²) in [4.78, 5) is 0. The standard InChI is InChI=1S/C25H42O2S/c1-19(2)24(18-25(4,5)6)21-12-14-22(15-13-21)27-20(3)26-16-17-28-23-10-8-7-9-11-23/h12-15,19-20,23-24H,7-11,16-18H2,1-6H3. The molecule has 28 heavy (non-hydrogen) atoms. The van der Waals surface area contributed by atoms with Crippen molar-refractivity contribution in [2.75, 3.05) is 12.4 Å². The minimum Gasteiger partial charge on any atom is -0.465 e. The molecular formula is C25H42O2S. The zero-order valence-electron chi connectivity index (χ0n) is 19.0. The van der Waals surface area contributed by atoms with E-state index in [1.54, 1.807) is 0 Å². The van der Waals surface area contributed by atoms with Gasteiger partial charge in [-0.1, -0.05) is 66.0 Å². The number of thioether (sulfide) groups is 1. The van der Waals surface area contributed by atoms with Crippen LogP contribution in [0.1, 0.15) is 91.5 Å². The van der Waals surface area contributed by atoms with Crippen LogP contribution in [0, 0.1) is 11.3 Å². The van der Waals surface area contributed by atoms with E-state index in [-0.39, 0.29) is 6.29 Å². The molecule has 160 valence electrons. The summed E-state index contributed by atoms with van der Waals surface area (Å²) < 4.78 is 11.8. The van der Waals surface area contributed by atoms with Crippen LogP contribution in [0.5, 0.6) is 5.75 Å². The van der Waals surface area contributed by atoms with E-state index in [0.29, 0.717) is 17.3 Å². The maximum absolute atomic E-state index is 5.97. The van der Waals surface area contributed by atoms with Crippen molar-refractivity contribution in [2.24, 2.45) is 11.3 Å². The normalized spacial score (nSPS) is 18.2. The summed E-state index contributed by atoms with van der Waals surface area (Å²) in [5, 5.41) is 0.850. The predicted octanol–water partition coefficient (Wildman–Crippen LogP) is 7.67. The monoisotopic (exact) mass is 406 g/mol. The SMILES string of the molecule is CC(OCCSC1CCCCC1)Oc1ccc(C(CC(C)(C)C)C(C)C)cc1. The van der Waals surface area contributed by atoms with E-state index in [9.17, 15) is 0 Å². The fraction of sp³-hybridized carbons (Fsp3) is 0.760. The number of benzene rings is 1. The number of hydrogen-bond acceptors (Lipinski definition) is 3. The molecule has 2 nitrogen and oxygen atoms in total. The molecule has 0 N–H and O–H groups in total. The second-order valence-corrected chi connectivity index (χ2v) is 11.3. The summed E-state index contributed by atoms with van der Waals surface area (Å²) in [5.74, 6) is 3.18. The van der Waals surface area contributed by atoms with Crippen LogP contribution in [-0.2, 0) is 4.74 Å². The Hall–Kier alpha value is -0.670. The van der Waals surface area contributed by atoms with E-state index in [0.717, 1.165) is 23.4 Å². The molecule has 0 radical (unpaired) electrons. The molecule has 2 atom stereocenters. The van der Waals surface area contributed by atoms with Crippen molar-refractivity contribution < 1.29 is 9.47 Å². The van der Waals surface area contributed by atoms with Crippen molar-refractivity contribution in [2.45, 2.75) is 97.5 Å². The van der Waals surface area contributed by atoms with Gasteiger partial charge in [0.05, 0.1) is 6.61 Å². The quantitative estimate of drug-likeness (QED) is 0.293. The summed E-state index contributed by atoms with van der Waals surface area (Å²) in [6.07, 6.45) is 8.00. The molecule has 0 heterocycles. The third-order valence-corrected chi connectivity index (χ3v) is 6.93. The van der Waals surface area contributed by atoms with Crippen LogP contribution in [0.2, 0.25) is 0 Å². The van der Waals surface area contributed by atoms with Crippen molar-refractivity contribution in [1.82, 2.24) is 0 Å². The summed E-state index contributed by atoms with van der Waals surface area (Å²) in [6, 6.07) is 8.67. The Morgan fingerprint density at radius 3 is 2.21 bits per heavy atom. The lowest BCUT2D eigenvalue weighted by Gasteiger charge is -2.29. The molecule has 1 fully saturated rings. The highest BCUT2D eigenvalue weighted by molar-refractivity contribution is 7.99. The van der Waals surface area contributed by atoms with Gasteiger partial charge < -0.3 is 9.47 Å². The highest BCUT2D eigenvalue weighted by Crippen LogP contribution is 2.36. The first kappa shape index (κ1) is 23.6. The third kappa shape index (κ3) is 8.78. The van der Waals surface area contributed by atoms with Gasteiger partial charge in [-0.2, -0.15) is 11.8 Å². The van der Waals surface area contributed by atoms with E-state index >= 15 is 0 Å². The molecule has 1 aromatic carbocycles. The number of ether oxygens (including phenoxy) is 2. The fourth-order valence-electron chi connectivity index (χ4n) is 4.08. The van der Waals surface area contributed by atoms with Gasteiger partial charge in [-0.15, -0.1) is 0 Å². The van der Waals surface area contributed by atoms with Gasteiger partial charge in [-0.25, -0.2) is 0 Å². The van der Waals surface area contributed by atoms with E-state index in [2.05, 4.69) is 70.6 Å². The van der Waals surface area contributed by atoms with Gasteiger partial charge in [0.2, 0.25) is 0 Å². The summed E-state index contributed by atoms with van der Waals surface area (Å²) in [5.41, 5.74) is 1.75. The highest BCUT2D eigenvalue weighted by atomic mass is 32.2. The van der Waals surface area contributed by atoms with Crippen molar-refractivity contribution in [1.29, 1.82) is 0 Å². The van der Waals surface area contributed by atoms with Gasteiger partial charge >= 0.3 is 0 Å². The molecular weight excluding hydrogens is 364 g/mol. The minimum absolute atomic E-state index is 0.201. The topological polar surface area (TPSA) is 18.5 Å². The Labute approximate surface area is 178 Å². The first-order valence-electron chi connectivity index (χ1n) is 11.2. The minimum atomic E-state index is -0.201. The van der Waals surface area contributed by atoms with Gasteiger partial charge in [-0.05, 0) is 61.1 Å². The van der Waals surface area contributed by atoms with E-state index in [1.165, 1.54) is 44.1 Å². The van der Waals surface area contributed by atoms with Crippen LogP contribution < -0.4 is 4.74 Å². The Kier molecular flexibility index (Phi) is 9.69. The van der Waals surface area contributed by atoms with Gasteiger partial charge in [-0.3, -0.25) is 0 Å². The van der Waals surface area contributed by atoms with E-state index in [1.807, 2.05) is 6.92 Å². The first-order valence-corrected chi connectivity index (χ1v) is 12.3. The van der Waals surface area contributed by atoms with Crippen molar-refractivity contribution in [3.05, 3.63) is 29.8 Å². The smallest absolute Gasteiger partial charge is 0.197 e. The molecule has 1 aliphatic rings. The lowest BCUT2D eigenvalue weighted by Crippen LogP contribution is -2.19. The molecule has 0 aliphatic heterocycles. The van der Waals surface area contributed by atoms with Crippen LogP contribution in [0.15, 0.2) is 24.3 Å². The van der Waals surface area contributed by atoms with E-state index in [4.69, 9.17) is 9.47 Å². The zero-order valence-corrected chi connectivity index (χ0v) is 19.8. The van der Waals surface area contributed by atoms with Gasteiger partial charge in [0.25, 0.3) is 0 Å². The molecule has 0 spiro atoms. The maximum Gasteiger partial charge on any atom is 0.197 e. The van der Waals surface area contributed by atoms with Crippen molar-refractivity contribution in [3.8, 4) is 5.75 Å². The number of hydrogen-bond donors (Lipinski definition) is 0. The molecule has 0 bridgehead atoms. The molecule has 2 unspecified atom stereocenters. The van der Waals surface area contributed by atoms with Crippen molar-refractivity contribution >= 4 is 11.8 Å². The lowest BCUT2D eigenvalue weighted by molar-refractivity contribution is -0.0602. The van der Waals surface area contributed by atoms with Gasteiger partial charge in [0, 0.05) is 11.0 Å². The third-order valence-electron chi connectivity index (χ3n) is 5.59. The summed E-state index contributed by atoms with van der Waals surface area (Å²) in [6.45, 7) is 14.4. The Morgan fingerprint density at radius 2 is 1.64 bits per heavy atom. The largest absolute Gasteiger partial charge is 0.465 e. The molecule has 0 saturated heterocycles. The zero-order chi connectivity index (χ0) is 20.6. The van der Waals surface area contributed by atoms with Crippen LogP contribution in [0.4, 0.5) is 0 Å². The molecule has 3 heteroatoms. The molecule has 1 saturated carbocycles. The van der Waals surface area contributed by atoms with Crippen LogP contribution in [-0.4, -0.2) is 23.9 Å². The maximum atomic E-state index is 5.97. The Morgan fingerprint density at radius 1 is 1.00 bits per heavy atom. The summed E-state index contributed by atoms with van der Waals surface area (Å²) in [7, 11) is 0. The molecule has 0 amide bonds. The van der Waals surface area contributed by atoms with Crippen LogP contribution in [0.25, 0.3) is 0 Å². The Bertz CT molecular complexity index is 541. The Balaban J connectivity index is 1.75. The first-order chi connectivity index (χ1) is 13.2. The second kappa shape index (κ2) is 11.5. The highest BCUT2D eigenvalue weighted by Gasteiger charge is 2.23. The fourth-order valence-corrected chi connectivity index (χ4v) is 5.27. The predicted molar refractivity (Wildman–Crippen MR) is 123 cm³/mol. The van der Waals surface area contributed by atoms with Gasteiger partial charge in [0.1, 0.15) is 5.75 Å². The van der Waals surface area contributed by atoms with Crippen LogP contribution in [0.3, 0.4) is 0 Å².